The van der Waals surface area contributed by atoms with Crippen LogP contribution < -0.4 is 0 Å². The highest BCUT2D eigenvalue weighted by Gasteiger charge is 2.41. The molecular weight excluding hydrogens is 743 g/mol. The van der Waals surface area contributed by atoms with Crippen LogP contribution in [0.25, 0.3) is 23.3 Å². The number of carbonyl (C=O) groups excluding carboxylic acids is 2. The summed E-state index contributed by atoms with van der Waals surface area (Å²) in [7, 11) is 4.38. The number of ether oxygens (including phenoxy) is 2. The first kappa shape index (κ1) is 41.0. The Kier molecular flexibility index (Phi) is 13.6. The number of halogens is 2. The number of azo groups is 1. The van der Waals surface area contributed by atoms with Gasteiger partial charge in [-0.25, -0.2) is 9.59 Å². The van der Waals surface area contributed by atoms with E-state index in [4.69, 9.17) is 9.47 Å². The Morgan fingerprint density at radius 1 is 0.518 bits per heavy atom. The second-order valence-corrected chi connectivity index (χ2v) is 15.3. The van der Waals surface area contributed by atoms with Crippen molar-refractivity contribution in [1.82, 2.24) is 9.80 Å². The average molecular weight is 794 g/mol. The van der Waals surface area contributed by atoms with Crippen LogP contribution in [-0.4, -0.2) is 72.2 Å². The third-order valence-electron chi connectivity index (χ3n) is 12.0. The highest BCUT2D eigenvalue weighted by atomic mass is 35.5. The van der Waals surface area contributed by atoms with Gasteiger partial charge in [0.2, 0.25) is 0 Å². The van der Waals surface area contributed by atoms with Gasteiger partial charge < -0.3 is 19.3 Å². The zero-order chi connectivity index (χ0) is 37.0. The first-order valence-corrected chi connectivity index (χ1v) is 19.4. The molecule has 8 nitrogen and oxygen atoms in total. The number of hydrogen-bond acceptors (Lipinski definition) is 8. The van der Waals surface area contributed by atoms with Crippen molar-refractivity contribution in [2.45, 2.75) is 87.7 Å². The van der Waals surface area contributed by atoms with Gasteiger partial charge in [-0.15, -0.1) is 24.8 Å². The summed E-state index contributed by atoms with van der Waals surface area (Å²) in [6.07, 6.45) is 11.9. The summed E-state index contributed by atoms with van der Waals surface area (Å²) >= 11 is 0. The zero-order valence-electron chi connectivity index (χ0n) is 31.9. The van der Waals surface area contributed by atoms with Crippen LogP contribution >= 0.6 is 24.8 Å². The van der Waals surface area contributed by atoms with Gasteiger partial charge in [-0.05, 0) is 98.4 Å². The molecule has 4 aliphatic rings. The Morgan fingerprint density at radius 2 is 0.839 bits per heavy atom. The molecule has 4 aromatic carbocycles. The smallest absolute Gasteiger partial charge is 0.339 e. The molecule has 4 atom stereocenters. The highest BCUT2D eigenvalue weighted by molar-refractivity contribution is 6.22. The predicted octanol–water partition coefficient (Wildman–Crippen LogP) is 10.4. The maximum absolute atomic E-state index is 13.7. The number of esters is 2. The number of piperidine rings is 2. The van der Waals surface area contributed by atoms with Gasteiger partial charge >= 0.3 is 11.9 Å². The summed E-state index contributed by atoms with van der Waals surface area (Å²) in [6.45, 7) is 0. The van der Waals surface area contributed by atoms with E-state index in [1.54, 1.807) is 0 Å². The van der Waals surface area contributed by atoms with Crippen molar-refractivity contribution in [1.29, 1.82) is 0 Å². The minimum atomic E-state index is -0.301. The first-order valence-electron chi connectivity index (χ1n) is 19.4. The highest BCUT2D eigenvalue weighted by Crippen LogP contribution is 2.38. The third-order valence-corrected chi connectivity index (χ3v) is 12.0. The van der Waals surface area contributed by atoms with Crippen LogP contribution in [0.3, 0.4) is 0 Å². The number of rotatable bonds is 10. The molecule has 4 fully saturated rings. The van der Waals surface area contributed by atoms with E-state index in [0.29, 0.717) is 46.7 Å². The molecule has 4 aromatic rings. The molecule has 0 aromatic heterocycles. The van der Waals surface area contributed by atoms with Crippen molar-refractivity contribution < 1.29 is 19.1 Å². The average Bonchev–Trinajstić information content (AvgIpc) is 3.50. The molecule has 4 heterocycles. The lowest BCUT2D eigenvalue weighted by Crippen LogP contribution is -2.43. The van der Waals surface area contributed by atoms with Gasteiger partial charge in [0.15, 0.2) is 0 Å². The monoisotopic (exact) mass is 792 g/mol. The molecule has 4 saturated heterocycles. The van der Waals surface area contributed by atoms with E-state index < -0.39 is 0 Å². The Labute approximate surface area is 342 Å². The van der Waals surface area contributed by atoms with Gasteiger partial charge in [0.1, 0.15) is 12.2 Å². The maximum Gasteiger partial charge on any atom is 0.339 e. The summed E-state index contributed by atoms with van der Waals surface area (Å²) in [4.78, 5) is 32.3. The van der Waals surface area contributed by atoms with Crippen LogP contribution in [0.1, 0.15) is 73.6 Å². The molecule has 0 amide bonds. The number of benzene rings is 4. The van der Waals surface area contributed by atoms with Crippen LogP contribution in [0.4, 0.5) is 11.4 Å². The minimum absolute atomic E-state index is 0. The van der Waals surface area contributed by atoms with Crippen LogP contribution in [0.15, 0.2) is 119 Å². The molecule has 4 unspecified atom stereocenters. The van der Waals surface area contributed by atoms with E-state index in [-0.39, 0.29) is 49.0 Å². The van der Waals surface area contributed by atoms with Crippen LogP contribution in [0.5, 0.6) is 0 Å². The van der Waals surface area contributed by atoms with Crippen molar-refractivity contribution in [2.24, 2.45) is 10.2 Å². The van der Waals surface area contributed by atoms with Crippen LogP contribution in [0, 0.1) is 0 Å². The number of fused-ring (bicyclic) bond motifs is 4. The second kappa shape index (κ2) is 18.6. The zero-order valence-corrected chi connectivity index (χ0v) is 33.5. The number of hydrogen-bond donors (Lipinski definition) is 0. The van der Waals surface area contributed by atoms with Crippen LogP contribution in [-0.2, 0) is 19.1 Å². The molecule has 0 spiro atoms. The second-order valence-electron chi connectivity index (χ2n) is 15.3. The molecule has 292 valence electrons. The van der Waals surface area contributed by atoms with E-state index >= 15 is 0 Å². The Balaban J connectivity index is 0.00000266. The van der Waals surface area contributed by atoms with Gasteiger partial charge in [0, 0.05) is 49.9 Å². The van der Waals surface area contributed by atoms with Crippen molar-refractivity contribution in [3.8, 4) is 0 Å². The third kappa shape index (κ3) is 9.49. The van der Waals surface area contributed by atoms with E-state index in [9.17, 15) is 9.59 Å². The fourth-order valence-corrected chi connectivity index (χ4v) is 8.83. The maximum atomic E-state index is 13.7. The quantitative estimate of drug-likeness (QED) is 0.0688. The summed E-state index contributed by atoms with van der Waals surface area (Å²) in [5, 5.41) is 8.97. The Morgan fingerprint density at radius 3 is 1.16 bits per heavy atom. The van der Waals surface area contributed by atoms with E-state index in [1.165, 1.54) is 25.7 Å². The normalized spacial score (nSPS) is 25.0. The molecule has 0 aliphatic carbocycles. The topological polar surface area (TPSA) is 83.8 Å². The largest absolute Gasteiger partial charge is 0.459 e. The standard InChI is InChI=1S/C46H48N4O4.2ClH/c1-49-37-21-22-38(49)28-41(27-37)53-45(51)43(25-31-9-5-3-6-10-31)33-13-17-35(18-14-33)47-48-36-19-15-34(16-20-36)44(26-32-11-7-4-8-12-32)46(52)54-42-29-39-23-24-40(30-42)50(39)2;;/h3-20,25-26,37-42H,21-24,27-30H2,1-2H3;2*1H/b43-25-,44-26-,48-47?;;. The van der Waals surface area contributed by atoms with Gasteiger partial charge in [0.25, 0.3) is 0 Å². The lowest BCUT2D eigenvalue weighted by Gasteiger charge is -2.35. The number of carbonyl (C=O) groups is 2. The Bertz CT molecular complexity index is 1860. The summed E-state index contributed by atoms with van der Waals surface area (Å²) in [5.41, 5.74) is 5.75. The molecular formula is C46H50Cl2N4O4. The molecule has 10 heteroatoms. The van der Waals surface area contributed by atoms with Gasteiger partial charge in [-0.3, -0.25) is 0 Å². The summed E-state index contributed by atoms with van der Waals surface area (Å²) in [6, 6.07) is 36.7. The number of nitrogens with zero attached hydrogens (tertiary/aromatic N) is 4. The van der Waals surface area contributed by atoms with Gasteiger partial charge in [0.05, 0.1) is 22.5 Å². The first-order chi connectivity index (χ1) is 26.4. The van der Waals surface area contributed by atoms with Crippen molar-refractivity contribution in [3.05, 3.63) is 131 Å². The lowest BCUT2D eigenvalue weighted by atomic mass is 9.99. The van der Waals surface area contributed by atoms with Crippen molar-refractivity contribution >= 4 is 71.4 Å². The molecule has 4 aliphatic heterocycles. The molecule has 0 radical (unpaired) electrons. The van der Waals surface area contributed by atoms with Crippen molar-refractivity contribution in [2.75, 3.05) is 14.1 Å². The van der Waals surface area contributed by atoms with E-state index in [1.807, 2.05) is 121 Å². The summed E-state index contributed by atoms with van der Waals surface area (Å²) in [5.74, 6) is -0.601. The lowest BCUT2D eigenvalue weighted by molar-refractivity contribution is -0.145. The molecule has 0 N–H and O–H groups in total. The predicted molar refractivity (Wildman–Crippen MR) is 228 cm³/mol. The van der Waals surface area contributed by atoms with Gasteiger partial charge in [-0.2, -0.15) is 10.2 Å². The van der Waals surface area contributed by atoms with Gasteiger partial charge in [-0.1, -0.05) is 84.9 Å². The summed E-state index contributed by atoms with van der Waals surface area (Å²) < 4.78 is 12.3. The fourth-order valence-electron chi connectivity index (χ4n) is 8.83. The molecule has 0 saturated carbocycles. The molecule has 8 rings (SSSR count). The Hall–Kier alpha value is -4.60. The van der Waals surface area contributed by atoms with E-state index in [2.05, 4.69) is 34.1 Å². The molecule has 56 heavy (non-hydrogen) atoms. The van der Waals surface area contributed by atoms with E-state index in [0.717, 1.165) is 47.9 Å². The van der Waals surface area contributed by atoms with Crippen LogP contribution in [0.2, 0.25) is 0 Å². The van der Waals surface area contributed by atoms with Crippen molar-refractivity contribution in [3.63, 3.8) is 0 Å². The fraction of sp³-hybridized carbons (Fsp3) is 0.348. The molecule has 4 bridgehead atoms. The SMILES string of the molecule is CN1C2CCC1CC(OC(=O)/C(=C\c1ccccc1)c1ccc(N=Nc3ccc(/C(=C/c4ccccc4)C(=O)OC4CC5CCC(C4)N5C)cc3)cc1)C2.Cl.Cl. The minimum Gasteiger partial charge on any atom is -0.459 e.